The molecule has 1 heterocycles. The highest BCUT2D eigenvalue weighted by atomic mass is 79.9. The third-order valence-electron chi connectivity index (χ3n) is 2.15. The molecule has 0 N–H and O–H groups in total. The Morgan fingerprint density at radius 3 is 3.07 bits per heavy atom. The van der Waals surface area contributed by atoms with Crippen LogP contribution in [-0.2, 0) is 11.3 Å². The molecule has 0 aliphatic carbocycles. The number of ether oxygens (including phenoxy) is 1. The second-order valence-electron chi connectivity index (χ2n) is 3.18. The summed E-state index contributed by atoms with van der Waals surface area (Å²) in [7, 11) is 1.67. The zero-order chi connectivity index (χ0) is 10.8. The summed E-state index contributed by atoms with van der Waals surface area (Å²) < 4.78 is 7.72. The van der Waals surface area contributed by atoms with Gasteiger partial charge in [0, 0.05) is 23.2 Å². The number of nitrogens with zero attached hydrogens (tertiary/aromatic N) is 2. The van der Waals surface area contributed by atoms with E-state index < -0.39 is 0 Å². The van der Waals surface area contributed by atoms with Gasteiger partial charge in [-0.25, -0.2) is 0 Å². The van der Waals surface area contributed by atoms with Crippen LogP contribution in [0.3, 0.4) is 0 Å². The van der Waals surface area contributed by atoms with Crippen molar-refractivity contribution in [2.24, 2.45) is 0 Å². The van der Waals surface area contributed by atoms with Crippen LogP contribution in [0.1, 0.15) is 0 Å². The average molecular weight is 290 g/mol. The van der Waals surface area contributed by atoms with Crippen LogP contribution in [0.25, 0.3) is 10.9 Å². The van der Waals surface area contributed by atoms with E-state index in [-0.39, 0.29) is 0 Å². The number of benzene rings is 1. The molecule has 1 aromatic heterocycles. The molecule has 2 aromatic rings. The second kappa shape index (κ2) is 4.51. The van der Waals surface area contributed by atoms with Crippen molar-refractivity contribution in [2.75, 3.05) is 13.7 Å². The summed E-state index contributed by atoms with van der Waals surface area (Å²) in [6, 6.07) is 3.84. The van der Waals surface area contributed by atoms with Crippen LogP contribution in [0.4, 0.5) is 0 Å². The highest BCUT2D eigenvalue weighted by Crippen LogP contribution is 2.30. The summed E-state index contributed by atoms with van der Waals surface area (Å²) in [5.74, 6) is 0. The first kappa shape index (κ1) is 10.9. The molecule has 0 aliphatic heterocycles. The number of aromatic nitrogens is 2. The van der Waals surface area contributed by atoms with Gasteiger partial charge in [-0.05, 0) is 28.1 Å². The molecule has 0 spiro atoms. The van der Waals surface area contributed by atoms with Gasteiger partial charge in [-0.3, -0.25) is 4.68 Å². The van der Waals surface area contributed by atoms with Gasteiger partial charge >= 0.3 is 0 Å². The molecule has 0 saturated carbocycles. The minimum absolute atomic E-state index is 0.646. The fraction of sp³-hybridized carbons (Fsp3) is 0.300. The number of rotatable bonds is 3. The van der Waals surface area contributed by atoms with Crippen molar-refractivity contribution >= 4 is 38.4 Å². The smallest absolute Gasteiger partial charge is 0.0939 e. The predicted octanol–water partition coefficient (Wildman–Crippen LogP) is 3.10. The summed E-state index contributed by atoms with van der Waals surface area (Å²) in [5, 5.41) is 6.05. The van der Waals surface area contributed by atoms with E-state index in [9.17, 15) is 0 Å². The molecule has 0 radical (unpaired) electrons. The molecule has 15 heavy (non-hydrogen) atoms. The van der Waals surface area contributed by atoms with E-state index in [2.05, 4.69) is 21.0 Å². The molecule has 0 amide bonds. The Kier molecular flexibility index (Phi) is 3.29. The van der Waals surface area contributed by atoms with E-state index in [1.54, 1.807) is 7.11 Å². The van der Waals surface area contributed by atoms with E-state index in [0.29, 0.717) is 11.6 Å². The van der Waals surface area contributed by atoms with Crippen LogP contribution in [0.15, 0.2) is 22.8 Å². The quantitative estimate of drug-likeness (QED) is 0.868. The highest BCUT2D eigenvalue weighted by Gasteiger charge is 2.07. The lowest BCUT2D eigenvalue weighted by Gasteiger charge is -1.97. The molecule has 1 aromatic carbocycles. The van der Waals surface area contributed by atoms with Crippen molar-refractivity contribution in [3.63, 3.8) is 0 Å². The molecule has 0 aliphatic rings. The van der Waals surface area contributed by atoms with Gasteiger partial charge in [0.2, 0.25) is 0 Å². The molecule has 2 rings (SSSR count). The normalized spacial score (nSPS) is 11.1. The van der Waals surface area contributed by atoms with Crippen molar-refractivity contribution < 1.29 is 4.74 Å². The molecular weight excluding hydrogens is 279 g/mol. The topological polar surface area (TPSA) is 27.1 Å². The maximum Gasteiger partial charge on any atom is 0.0939 e. The van der Waals surface area contributed by atoms with Crippen LogP contribution < -0.4 is 0 Å². The minimum atomic E-state index is 0.646. The van der Waals surface area contributed by atoms with Gasteiger partial charge in [0.1, 0.15) is 0 Å². The SMILES string of the molecule is COCCn1cc2c(Cl)c(Br)ccc2n1. The van der Waals surface area contributed by atoms with Gasteiger partial charge in [0.05, 0.1) is 23.7 Å². The zero-order valence-electron chi connectivity index (χ0n) is 8.20. The Bertz CT molecular complexity index is 483. The Labute approximate surface area is 101 Å². The van der Waals surface area contributed by atoms with Gasteiger partial charge in [-0.2, -0.15) is 5.10 Å². The Morgan fingerprint density at radius 2 is 2.33 bits per heavy atom. The summed E-state index contributed by atoms with van der Waals surface area (Å²) >= 11 is 9.53. The lowest BCUT2D eigenvalue weighted by molar-refractivity contribution is 0.184. The maximum absolute atomic E-state index is 6.14. The third kappa shape index (κ3) is 2.17. The number of methoxy groups -OCH3 is 1. The van der Waals surface area contributed by atoms with Crippen molar-refractivity contribution in [3.8, 4) is 0 Å². The molecule has 3 nitrogen and oxygen atoms in total. The predicted molar refractivity (Wildman–Crippen MR) is 64.3 cm³/mol. The van der Waals surface area contributed by atoms with Gasteiger partial charge in [0.25, 0.3) is 0 Å². The van der Waals surface area contributed by atoms with Crippen LogP contribution in [-0.4, -0.2) is 23.5 Å². The van der Waals surface area contributed by atoms with E-state index in [4.69, 9.17) is 16.3 Å². The first-order chi connectivity index (χ1) is 7.22. The van der Waals surface area contributed by atoms with Crippen molar-refractivity contribution in [1.82, 2.24) is 9.78 Å². The summed E-state index contributed by atoms with van der Waals surface area (Å²) in [6.07, 6.45) is 1.93. The summed E-state index contributed by atoms with van der Waals surface area (Å²) in [5.41, 5.74) is 0.902. The van der Waals surface area contributed by atoms with E-state index in [1.165, 1.54) is 0 Å². The highest BCUT2D eigenvalue weighted by molar-refractivity contribution is 9.10. The van der Waals surface area contributed by atoms with E-state index in [1.807, 2.05) is 23.0 Å². The van der Waals surface area contributed by atoms with Gasteiger partial charge in [0.15, 0.2) is 0 Å². The molecule has 0 atom stereocenters. The Morgan fingerprint density at radius 1 is 1.53 bits per heavy atom. The Balaban J connectivity index is 2.42. The lowest BCUT2D eigenvalue weighted by Crippen LogP contribution is -2.03. The molecule has 0 fully saturated rings. The fourth-order valence-electron chi connectivity index (χ4n) is 1.38. The first-order valence-electron chi connectivity index (χ1n) is 4.52. The zero-order valence-corrected chi connectivity index (χ0v) is 10.5. The standard InChI is InChI=1S/C10H10BrClN2O/c1-15-5-4-14-6-7-9(13-14)3-2-8(11)10(7)12/h2-3,6H,4-5H2,1H3. The monoisotopic (exact) mass is 288 g/mol. The molecular formula is C10H10BrClN2O. The van der Waals surface area contributed by atoms with Crippen LogP contribution >= 0.6 is 27.5 Å². The van der Waals surface area contributed by atoms with E-state index >= 15 is 0 Å². The van der Waals surface area contributed by atoms with Crippen molar-refractivity contribution in [2.45, 2.75) is 6.54 Å². The fourth-order valence-corrected chi connectivity index (χ4v) is 1.94. The lowest BCUT2D eigenvalue weighted by atomic mass is 10.3. The average Bonchev–Trinajstić information content (AvgIpc) is 2.64. The van der Waals surface area contributed by atoms with E-state index in [0.717, 1.165) is 21.9 Å². The third-order valence-corrected chi connectivity index (χ3v) is 3.44. The maximum atomic E-state index is 6.14. The molecule has 0 bridgehead atoms. The number of fused-ring (bicyclic) bond motifs is 1. The molecule has 5 heteroatoms. The number of hydrogen-bond donors (Lipinski definition) is 0. The van der Waals surface area contributed by atoms with Crippen molar-refractivity contribution in [3.05, 3.63) is 27.8 Å². The first-order valence-corrected chi connectivity index (χ1v) is 5.69. The summed E-state index contributed by atoms with van der Waals surface area (Å²) in [6.45, 7) is 1.38. The largest absolute Gasteiger partial charge is 0.383 e. The van der Waals surface area contributed by atoms with Crippen LogP contribution in [0.2, 0.25) is 5.02 Å². The Hall–Kier alpha value is -0.580. The second-order valence-corrected chi connectivity index (χ2v) is 4.41. The molecule has 0 unspecified atom stereocenters. The van der Waals surface area contributed by atoms with Gasteiger partial charge in [-0.15, -0.1) is 0 Å². The minimum Gasteiger partial charge on any atom is -0.383 e. The number of hydrogen-bond acceptors (Lipinski definition) is 2. The number of halogens is 2. The van der Waals surface area contributed by atoms with Crippen molar-refractivity contribution in [1.29, 1.82) is 0 Å². The van der Waals surface area contributed by atoms with Gasteiger partial charge < -0.3 is 4.74 Å². The molecule has 0 saturated heterocycles. The summed E-state index contributed by atoms with van der Waals surface area (Å²) in [4.78, 5) is 0. The molecule has 80 valence electrons. The van der Waals surface area contributed by atoms with Crippen LogP contribution in [0.5, 0.6) is 0 Å². The van der Waals surface area contributed by atoms with Crippen LogP contribution in [0, 0.1) is 0 Å². The van der Waals surface area contributed by atoms with Gasteiger partial charge in [-0.1, -0.05) is 11.6 Å².